The lowest BCUT2D eigenvalue weighted by Gasteiger charge is -2.09. The summed E-state index contributed by atoms with van der Waals surface area (Å²) in [6.07, 6.45) is -4.14. The highest BCUT2D eigenvalue weighted by Crippen LogP contribution is 2.32. The van der Waals surface area contributed by atoms with Gasteiger partial charge in [-0.15, -0.1) is 0 Å². The van der Waals surface area contributed by atoms with Gasteiger partial charge in [-0.05, 0) is 24.6 Å². The summed E-state index contributed by atoms with van der Waals surface area (Å²) in [5.74, 6) is 0. The number of nitrogens with zero attached hydrogens (tertiary/aromatic N) is 1. The molecule has 1 heterocycles. The number of H-pyrrole nitrogens is 1. The Hall–Kier alpha value is -1.60. The van der Waals surface area contributed by atoms with E-state index in [2.05, 4.69) is 10.2 Å². The molecule has 4 N–H and O–H groups in total. The molecule has 18 heavy (non-hydrogen) atoms. The summed E-state index contributed by atoms with van der Waals surface area (Å²) in [4.78, 5) is 0. The van der Waals surface area contributed by atoms with Gasteiger partial charge in [0.15, 0.2) is 0 Å². The molecule has 98 valence electrons. The van der Waals surface area contributed by atoms with Gasteiger partial charge < -0.3 is 10.8 Å². The summed E-state index contributed by atoms with van der Waals surface area (Å²) in [5.41, 5.74) is 5.85. The first-order valence-corrected chi connectivity index (χ1v) is 5.35. The molecule has 1 aromatic heterocycles. The van der Waals surface area contributed by atoms with Crippen LogP contribution in [0.4, 0.5) is 13.2 Å². The molecule has 2 rings (SSSR count). The Morgan fingerprint density at radius 3 is 2.72 bits per heavy atom. The van der Waals surface area contributed by atoms with E-state index in [1.165, 1.54) is 6.07 Å². The van der Waals surface area contributed by atoms with Crippen molar-refractivity contribution in [2.75, 3.05) is 6.61 Å². The largest absolute Gasteiger partial charge is 0.416 e. The fourth-order valence-electron chi connectivity index (χ4n) is 1.77. The monoisotopic (exact) mass is 259 g/mol. The summed E-state index contributed by atoms with van der Waals surface area (Å²) in [6.45, 7) is -0.138. The summed E-state index contributed by atoms with van der Waals surface area (Å²) < 4.78 is 37.8. The van der Waals surface area contributed by atoms with Crippen molar-refractivity contribution in [3.05, 3.63) is 29.5 Å². The minimum Gasteiger partial charge on any atom is -0.396 e. The molecule has 0 saturated carbocycles. The highest BCUT2D eigenvalue weighted by atomic mass is 19.4. The normalized spacial score (nSPS) is 14.1. The van der Waals surface area contributed by atoms with Crippen molar-refractivity contribution in [1.29, 1.82) is 0 Å². The van der Waals surface area contributed by atoms with E-state index in [9.17, 15) is 13.2 Å². The number of nitrogens with two attached hydrogens (primary N) is 1. The minimum atomic E-state index is -4.40. The van der Waals surface area contributed by atoms with Crippen LogP contribution < -0.4 is 5.73 Å². The van der Waals surface area contributed by atoms with Crippen LogP contribution in [0.25, 0.3) is 10.9 Å². The highest BCUT2D eigenvalue weighted by Gasteiger charge is 2.31. The third kappa shape index (κ3) is 2.32. The Kier molecular flexibility index (Phi) is 3.27. The zero-order valence-electron chi connectivity index (χ0n) is 9.33. The molecule has 0 spiro atoms. The number of alkyl halides is 3. The molecular formula is C11H12F3N3O. The molecular weight excluding hydrogens is 247 g/mol. The number of nitrogens with one attached hydrogen (secondary N) is 1. The molecule has 0 radical (unpaired) electrons. The van der Waals surface area contributed by atoms with Crippen LogP contribution in [0.2, 0.25) is 0 Å². The average molecular weight is 259 g/mol. The van der Waals surface area contributed by atoms with Gasteiger partial charge in [-0.25, -0.2) is 0 Å². The second-order valence-electron chi connectivity index (χ2n) is 3.99. The molecule has 0 bridgehead atoms. The van der Waals surface area contributed by atoms with Gasteiger partial charge in [-0.3, -0.25) is 5.10 Å². The van der Waals surface area contributed by atoms with Gasteiger partial charge in [-0.2, -0.15) is 18.3 Å². The molecule has 4 nitrogen and oxygen atoms in total. The van der Waals surface area contributed by atoms with E-state index in [4.69, 9.17) is 10.8 Å². The lowest BCUT2D eigenvalue weighted by Crippen LogP contribution is -2.13. The number of benzene rings is 1. The Morgan fingerprint density at radius 1 is 1.39 bits per heavy atom. The van der Waals surface area contributed by atoms with Crippen LogP contribution >= 0.6 is 0 Å². The summed E-state index contributed by atoms with van der Waals surface area (Å²) >= 11 is 0. The molecule has 0 aliphatic carbocycles. The van der Waals surface area contributed by atoms with E-state index in [0.717, 1.165) is 12.1 Å². The maximum Gasteiger partial charge on any atom is 0.416 e. The van der Waals surface area contributed by atoms with E-state index in [1.54, 1.807) is 0 Å². The molecule has 0 aliphatic heterocycles. The van der Waals surface area contributed by atoms with Crippen LogP contribution in [0, 0.1) is 0 Å². The van der Waals surface area contributed by atoms with Crippen LogP contribution in [0.15, 0.2) is 18.2 Å². The topological polar surface area (TPSA) is 74.9 Å². The SMILES string of the molecule is NC(CCO)c1[nH]nc2ccc(C(F)(F)F)cc12. The molecule has 0 aliphatic rings. The van der Waals surface area contributed by atoms with Crippen molar-refractivity contribution in [3.63, 3.8) is 0 Å². The average Bonchev–Trinajstić information content (AvgIpc) is 2.70. The van der Waals surface area contributed by atoms with Gasteiger partial charge >= 0.3 is 6.18 Å². The lowest BCUT2D eigenvalue weighted by atomic mass is 10.0. The van der Waals surface area contributed by atoms with Crippen LogP contribution in [0.5, 0.6) is 0 Å². The minimum absolute atomic E-state index is 0.138. The zero-order valence-corrected chi connectivity index (χ0v) is 9.33. The van der Waals surface area contributed by atoms with E-state index in [-0.39, 0.29) is 13.0 Å². The number of aromatic nitrogens is 2. The summed E-state index contributed by atoms with van der Waals surface area (Å²) in [6, 6.07) is 2.73. The van der Waals surface area contributed by atoms with Crippen molar-refractivity contribution >= 4 is 10.9 Å². The number of fused-ring (bicyclic) bond motifs is 1. The molecule has 7 heteroatoms. The molecule has 0 saturated heterocycles. The van der Waals surface area contributed by atoms with Crippen molar-refractivity contribution in [2.45, 2.75) is 18.6 Å². The fraction of sp³-hybridized carbons (Fsp3) is 0.364. The predicted molar refractivity (Wildman–Crippen MR) is 59.7 cm³/mol. The molecule has 1 unspecified atom stereocenters. The second-order valence-corrected chi connectivity index (χ2v) is 3.99. The van der Waals surface area contributed by atoms with Gasteiger partial charge in [0, 0.05) is 18.0 Å². The van der Waals surface area contributed by atoms with E-state index >= 15 is 0 Å². The quantitative estimate of drug-likeness (QED) is 0.788. The Balaban J connectivity index is 2.50. The van der Waals surface area contributed by atoms with Crippen LogP contribution in [0.1, 0.15) is 23.7 Å². The van der Waals surface area contributed by atoms with Gasteiger partial charge in [0.05, 0.1) is 16.8 Å². The van der Waals surface area contributed by atoms with Crippen molar-refractivity contribution in [1.82, 2.24) is 10.2 Å². The first-order valence-electron chi connectivity index (χ1n) is 5.35. The van der Waals surface area contributed by atoms with Gasteiger partial charge in [0.1, 0.15) is 0 Å². The fourth-order valence-corrected chi connectivity index (χ4v) is 1.77. The third-order valence-corrected chi connectivity index (χ3v) is 2.72. The molecule has 2 aromatic rings. The molecule has 1 atom stereocenters. The Bertz CT molecular complexity index is 550. The number of halogens is 3. The van der Waals surface area contributed by atoms with Crippen molar-refractivity contribution in [3.8, 4) is 0 Å². The van der Waals surface area contributed by atoms with E-state index in [1.807, 2.05) is 0 Å². The summed E-state index contributed by atoms with van der Waals surface area (Å²) in [5, 5.41) is 15.7. The Labute approximate surface area is 101 Å². The lowest BCUT2D eigenvalue weighted by molar-refractivity contribution is -0.137. The van der Waals surface area contributed by atoms with Gasteiger partial charge in [0.2, 0.25) is 0 Å². The van der Waals surface area contributed by atoms with E-state index in [0.29, 0.717) is 16.6 Å². The molecule has 0 amide bonds. The number of hydrogen-bond donors (Lipinski definition) is 3. The Morgan fingerprint density at radius 2 is 2.11 bits per heavy atom. The maximum atomic E-state index is 12.6. The van der Waals surface area contributed by atoms with Crippen molar-refractivity contribution < 1.29 is 18.3 Å². The zero-order chi connectivity index (χ0) is 13.3. The van der Waals surface area contributed by atoms with Gasteiger partial charge in [-0.1, -0.05) is 0 Å². The molecule has 0 fully saturated rings. The number of rotatable bonds is 3. The predicted octanol–water partition coefficient (Wildman–Crippen LogP) is 1.96. The highest BCUT2D eigenvalue weighted by molar-refractivity contribution is 5.82. The van der Waals surface area contributed by atoms with Gasteiger partial charge in [0.25, 0.3) is 0 Å². The number of aliphatic hydroxyl groups excluding tert-OH is 1. The van der Waals surface area contributed by atoms with Crippen molar-refractivity contribution in [2.24, 2.45) is 5.73 Å². The maximum absolute atomic E-state index is 12.6. The van der Waals surface area contributed by atoms with Crippen LogP contribution in [-0.4, -0.2) is 21.9 Å². The van der Waals surface area contributed by atoms with E-state index < -0.39 is 17.8 Å². The standard InChI is InChI=1S/C11H12F3N3O/c12-11(13,14)6-1-2-9-7(5-6)10(17-16-9)8(15)3-4-18/h1-2,5,8,18H,3-4,15H2,(H,16,17). The number of hydrogen-bond acceptors (Lipinski definition) is 3. The van der Waals surface area contributed by atoms with Crippen LogP contribution in [-0.2, 0) is 6.18 Å². The number of aromatic amines is 1. The first kappa shape index (κ1) is 12.8. The summed E-state index contributed by atoms with van der Waals surface area (Å²) in [7, 11) is 0. The number of aliphatic hydroxyl groups is 1. The van der Waals surface area contributed by atoms with Crippen LogP contribution in [0.3, 0.4) is 0 Å². The molecule has 1 aromatic carbocycles. The first-order chi connectivity index (χ1) is 8.43. The second kappa shape index (κ2) is 4.58. The third-order valence-electron chi connectivity index (χ3n) is 2.72. The smallest absolute Gasteiger partial charge is 0.396 e.